The SMILES string of the molecule is Cc1cccc2nc(CNc3cnn(-c4ccc(C(F)(F)F)cn4)c(=O)c3Cl)n(C)c12. The summed E-state index contributed by atoms with van der Waals surface area (Å²) >= 11 is 6.19. The van der Waals surface area contributed by atoms with E-state index in [0.717, 1.165) is 39.2 Å². The van der Waals surface area contributed by atoms with E-state index in [1.54, 1.807) is 0 Å². The van der Waals surface area contributed by atoms with E-state index in [4.69, 9.17) is 11.6 Å². The van der Waals surface area contributed by atoms with Crippen LogP contribution in [0.2, 0.25) is 5.02 Å². The van der Waals surface area contributed by atoms with Crippen LogP contribution in [-0.2, 0) is 19.8 Å². The van der Waals surface area contributed by atoms with E-state index >= 15 is 0 Å². The number of alkyl halides is 3. The number of nitrogens with zero attached hydrogens (tertiary/aromatic N) is 5. The van der Waals surface area contributed by atoms with Crippen molar-refractivity contribution in [3.05, 3.63) is 75.1 Å². The van der Waals surface area contributed by atoms with Gasteiger partial charge in [0.15, 0.2) is 5.82 Å². The van der Waals surface area contributed by atoms with Gasteiger partial charge >= 0.3 is 6.18 Å². The number of pyridine rings is 1. The minimum Gasteiger partial charge on any atom is -0.375 e. The van der Waals surface area contributed by atoms with Crippen molar-refractivity contribution in [2.45, 2.75) is 19.6 Å². The molecule has 1 aromatic carbocycles. The quantitative estimate of drug-likeness (QED) is 0.508. The zero-order chi connectivity index (χ0) is 22.3. The van der Waals surface area contributed by atoms with Crippen molar-refractivity contribution in [3.63, 3.8) is 0 Å². The summed E-state index contributed by atoms with van der Waals surface area (Å²) in [5.41, 5.74) is 1.59. The molecule has 31 heavy (non-hydrogen) atoms. The molecule has 0 amide bonds. The van der Waals surface area contributed by atoms with Gasteiger partial charge in [-0.15, -0.1) is 0 Å². The fourth-order valence-electron chi connectivity index (χ4n) is 3.24. The third-order valence-corrected chi connectivity index (χ3v) is 5.20. The fourth-order valence-corrected chi connectivity index (χ4v) is 3.44. The number of hydrogen-bond donors (Lipinski definition) is 1. The van der Waals surface area contributed by atoms with E-state index in [2.05, 4.69) is 20.4 Å². The Kier molecular flexibility index (Phi) is 5.18. The molecular weight excluding hydrogens is 433 g/mol. The van der Waals surface area contributed by atoms with Gasteiger partial charge in [0.1, 0.15) is 10.8 Å². The third kappa shape index (κ3) is 3.86. The van der Waals surface area contributed by atoms with Gasteiger partial charge in [-0.3, -0.25) is 4.79 Å². The molecule has 0 radical (unpaired) electrons. The minimum absolute atomic E-state index is 0.0720. The average Bonchev–Trinajstić information content (AvgIpc) is 3.05. The molecular formula is C20H16ClF3N6O. The zero-order valence-corrected chi connectivity index (χ0v) is 17.2. The molecule has 0 aliphatic carbocycles. The molecule has 0 aliphatic rings. The molecule has 0 unspecified atom stereocenters. The highest BCUT2D eigenvalue weighted by atomic mass is 35.5. The molecule has 0 bridgehead atoms. The first-order chi connectivity index (χ1) is 14.7. The van der Waals surface area contributed by atoms with Crippen LogP contribution < -0.4 is 10.9 Å². The second kappa shape index (κ2) is 7.69. The fraction of sp³-hybridized carbons (Fsp3) is 0.200. The average molecular weight is 449 g/mol. The maximum Gasteiger partial charge on any atom is 0.417 e. The van der Waals surface area contributed by atoms with Crippen LogP contribution in [0, 0.1) is 6.92 Å². The first-order valence-corrected chi connectivity index (χ1v) is 9.51. The lowest BCUT2D eigenvalue weighted by molar-refractivity contribution is -0.137. The maximum absolute atomic E-state index is 12.7. The highest BCUT2D eigenvalue weighted by Crippen LogP contribution is 2.28. The predicted molar refractivity (Wildman–Crippen MR) is 110 cm³/mol. The van der Waals surface area contributed by atoms with Crippen LogP contribution in [0.3, 0.4) is 0 Å². The molecule has 0 saturated carbocycles. The number of aryl methyl sites for hydroxylation is 2. The van der Waals surface area contributed by atoms with Crippen LogP contribution in [0.4, 0.5) is 18.9 Å². The van der Waals surface area contributed by atoms with Gasteiger partial charge in [0.25, 0.3) is 5.56 Å². The first kappa shape index (κ1) is 20.9. The topological polar surface area (TPSA) is 77.6 Å². The number of rotatable bonds is 4. The molecule has 0 saturated heterocycles. The van der Waals surface area contributed by atoms with Gasteiger partial charge in [-0.05, 0) is 30.7 Å². The smallest absolute Gasteiger partial charge is 0.375 e. The van der Waals surface area contributed by atoms with Crippen molar-refractivity contribution in [2.24, 2.45) is 7.05 Å². The summed E-state index contributed by atoms with van der Waals surface area (Å²) < 4.78 is 40.9. The number of benzene rings is 1. The monoisotopic (exact) mass is 448 g/mol. The van der Waals surface area contributed by atoms with Crippen LogP contribution in [0.1, 0.15) is 17.0 Å². The number of imidazole rings is 1. The summed E-state index contributed by atoms with van der Waals surface area (Å²) in [5.74, 6) is 0.659. The lowest BCUT2D eigenvalue weighted by Gasteiger charge is -2.11. The standard InChI is InChI=1S/C20H16ClF3N6O/c1-11-4-3-5-13-18(11)29(2)16(28-13)10-25-14-9-27-30(19(31)17(14)21)15-7-6-12(8-26-15)20(22,23)24/h3-9,25H,10H2,1-2H3. The number of anilines is 1. The largest absolute Gasteiger partial charge is 0.417 e. The van der Waals surface area contributed by atoms with Gasteiger partial charge in [0, 0.05) is 13.2 Å². The molecule has 7 nitrogen and oxygen atoms in total. The van der Waals surface area contributed by atoms with Gasteiger partial charge in [0.05, 0.1) is 35.0 Å². The Morgan fingerprint density at radius 2 is 1.94 bits per heavy atom. The summed E-state index contributed by atoms with van der Waals surface area (Å²) in [6, 6.07) is 7.72. The van der Waals surface area contributed by atoms with Crippen molar-refractivity contribution >= 4 is 28.3 Å². The van der Waals surface area contributed by atoms with Crippen molar-refractivity contribution in [1.29, 1.82) is 0 Å². The molecule has 160 valence electrons. The van der Waals surface area contributed by atoms with Gasteiger partial charge < -0.3 is 9.88 Å². The Bertz CT molecular complexity index is 1330. The van der Waals surface area contributed by atoms with Crippen LogP contribution in [0.25, 0.3) is 16.9 Å². The first-order valence-electron chi connectivity index (χ1n) is 9.13. The van der Waals surface area contributed by atoms with E-state index in [1.165, 1.54) is 6.20 Å². The van der Waals surface area contributed by atoms with E-state index in [-0.39, 0.29) is 23.1 Å². The number of fused-ring (bicyclic) bond motifs is 1. The summed E-state index contributed by atoms with van der Waals surface area (Å²) in [7, 11) is 1.90. The Morgan fingerprint density at radius 1 is 1.16 bits per heavy atom. The van der Waals surface area contributed by atoms with E-state index in [1.807, 2.05) is 36.7 Å². The number of nitrogens with one attached hydrogen (secondary N) is 1. The van der Waals surface area contributed by atoms with Gasteiger partial charge in [-0.1, -0.05) is 23.7 Å². The van der Waals surface area contributed by atoms with E-state index in [9.17, 15) is 18.0 Å². The molecule has 4 aromatic rings. The van der Waals surface area contributed by atoms with Crippen LogP contribution in [-0.4, -0.2) is 24.3 Å². The molecule has 0 spiro atoms. The van der Waals surface area contributed by atoms with Gasteiger partial charge in [-0.25, -0.2) is 9.97 Å². The summed E-state index contributed by atoms with van der Waals surface area (Å²) in [6.45, 7) is 2.28. The second-order valence-corrected chi connectivity index (χ2v) is 7.25. The lowest BCUT2D eigenvalue weighted by atomic mass is 10.2. The lowest BCUT2D eigenvalue weighted by Crippen LogP contribution is -2.24. The Balaban J connectivity index is 1.59. The number of aromatic nitrogens is 5. The Hall–Kier alpha value is -3.40. The van der Waals surface area contributed by atoms with Crippen LogP contribution >= 0.6 is 11.6 Å². The van der Waals surface area contributed by atoms with Crippen LogP contribution in [0.15, 0.2) is 47.5 Å². The zero-order valence-electron chi connectivity index (χ0n) is 16.4. The minimum atomic E-state index is -4.52. The third-order valence-electron chi connectivity index (χ3n) is 4.84. The molecule has 1 N–H and O–H groups in total. The Labute approximate surface area is 179 Å². The van der Waals surface area contributed by atoms with Crippen LogP contribution in [0.5, 0.6) is 0 Å². The number of hydrogen-bond acceptors (Lipinski definition) is 5. The highest BCUT2D eigenvalue weighted by Gasteiger charge is 2.30. The Morgan fingerprint density at radius 3 is 2.58 bits per heavy atom. The van der Waals surface area contributed by atoms with E-state index in [0.29, 0.717) is 6.20 Å². The summed E-state index contributed by atoms with van der Waals surface area (Å²) in [6.07, 6.45) is -2.57. The molecule has 0 atom stereocenters. The molecule has 11 heteroatoms. The predicted octanol–water partition coefficient (Wildman–Crippen LogP) is 4.11. The number of halogens is 4. The van der Waals surface area contributed by atoms with Crippen molar-refractivity contribution in [1.82, 2.24) is 24.3 Å². The normalized spacial score (nSPS) is 11.8. The second-order valence-electron chi connectivity index (χ2n) is 6.88. The molecule has 3 aromatic heterocycles. The highest BCUT2D eigenvalue weighted by molar-refractivity contribution is 6.32. The van der Waals surface area contributed by atoms with Gasteiger partial charge in [-0.2, -0.15) is 23.0 Å². The molecule has 0 aliphatic heterocycles. The number of para-hydroxylation sites is 1. The maximum atomic E-state index is 12.7. The van der Waals surface area contributed by atoms with Crippen molar-refractivity contribution in [2.75, 3.05) is 5.32 Å². The van der Waals surface area contributed by atoms with Gasteiger partial charge in [0.2, 0.25) is 0 Å². The van der Waals surface area contributed by atoms with Crippen molar-refractivity contribution in [3.8, 4) is 5.82 Å². The molecule has 3 heterocycles. The van der Waals surface area contributed by atoms with E-state index < -0.39 is 17.3 Å². The summed E-state index contributed by atoms with van der Waals surface area (Å²) in [4.78, 5) is 20.8. The van der Waals surface area contributed by atoms with Crippen molar-refractivity contribution < 1.29 is 13.2 Å². The molecule has 4 rings (SSSR count). The summed E-state index contributed by atoms with van der Waals surface area (Å²) in [5, 5.41) is 6.86. The molecule has 0 fully saturated rings.